The number of nitrogens with two attached hydrogens (primary N) is 1. The van der Waals surface area contributed by atoms with Gasteiger partial charge >= 0.3 is 6.18 Å². The Hall–Kier alpha value is -1.83. The predicted octanol–water partition coefficient (Wildman–Crippen LogP) is 2.26. The molecule has 1 aromatic rings. The molecule has 0 spiro atoms. The molecule has 1 amide bonds. The second-order valence-electron chi connectivity index (χ2n) is 7.65. The van der Waals surface area contributed by atoms with Crippen LogP contribution in [0.25, 0.3) is 0 Å². The van der Waals surface area contributed by atoms with Crippen LogP contribution in [0.4, 0.5) is 19.0 Å². The number of halogens is 3. The number of fused-ring (bicyclic) bond motifs is 1. The summed E-state index contributed by atoms with van der Waals surface area (Å²) in [5.74, 6) is 0.915. The number of hydrogen-bond donors (Lipinski definition) is 1. The molecule has 0 radical (unpaired) electrons. The maximum Gasteiger partial charge on any atom is 0.433 e. The molecule has 0 unspecified atom stereocenters. The number of pyridine rings is 1. The van der Waals surface area contributed by atoms with Crippen molar-refractivity contribution in [2.45, 2.75) is 43.9 Å². The molecular weight excluding hydrogens is 345 g/mol. The first-order valence-electron chi connectivity index (χ1n) is 9.19. The van der Waals surface area contributed by atoms with Crippen LogP contribution in [-0.2, 0) is 11.0 Å². The zero-order valence-corrected chi connectivity index (χ0v) is 14.5. The van der Waals surface area contributed by atoms with Gasteiger partial charge in [-0.05, 0) is 56.2 Å². The summed E-state index contributed by atoms with van der Waals surface area (Å²) >= 11 is 0. The van der Waals surface area contributed by atoms with E-state index in [9.17, 15) is 18.0 Å². The fourth-order valence-electron chi connectivity index (χ4n) is 5.08. The van der Waals surface area contributed by atoms with Gasteiger partial charge in [0, 0.05) is 19.1 Å². The van der Waals surface area contributed by atoms with Crippen molar-refractivity contribution in [1.29, 1.82) is 0 Å². The van der Waals surface area contributed by atoms with Gasteiger partial charge in [0.2, 0.25) is 5.91 Å². The van der Waals surface area contributed by atoms with Gasteiger partial charge in [0.25, 0.3) is 0 Å². The minimum Gasteiger partial charge on any atom is -0.368 e. The van der Waals surface area contributed by atoms with Crippen molar-refractivity contribution in [3.63, 3.8) is 0 Å². The average molecular weight is 368 g/mol. The predicted molar refractivity (Wildman–Crippen MR) is 90.4 cm³/mol. The molecule has 4 atom stereocenters. The number of amides is 1. The monoisotopic (exact) mass is 368 g/mol. The second kappa shape index (κ2) is 6.40. The number of aromatic nitrogens is 1. The Morgan fingerprint density at radius 2 is 2.00 bits per heavy atom. The molecule has 2 N–H and O–H groups in total. The molecular formula is C18H23F3N4O. The third kappa shape index (κ3) is 3.04. The second-order valence-corrected chi connectivity index (χ2v) is 7.65. The Labute approximate surface area is 150 Å². The summed E-state index contributed by atoms with van der Waals surface area (Å²) in [5, 5.41) is 0. The zero-order chi connectivity index (χ0) is 18.5. The molecule has 1 saturated carbocycles. The minimum atomic E-state index is -4.43. The molecule has 1 aliphatic carbocycles. The van der Waals surface area contributed by atoms with Crippen LogP contribution in [0.2, 0.25) is 0 Å². The van der Waals surface area contributed by atoms with Gasteiger partial charge < -0.3 is 10.6 Å². The van der Waals surface area contributed by atoms with E-state index in [1.54, 1.807) is 6.07 Å². The van der Waals surface area contributed by atoms with E-state index in [2.05, 4.69) is 9.88 Å². The molecule has 2 aliphatic heterocycles. The molecule has 2 saturated heterocycles. The van der Waals surface area contributed by atoms with Crippen LogP contribution in [-0.4, -0.2) is 47.5 Å². The third-order valence-electron chi connectivity index (χ3n) is 6.22. The van der Waals surface area contributed by atoms with E-state index in [1.165, 1.54) is 6.07 Å². The van der Waals surface area contributed by atoms with Gasteiger partial charge in [-0.15, -0.1) is 0 Å². The lowest BCUT2D eigenvalue weighted by Gasteiger charge is -2.33. The van der Waals surface area contributed by atoms with Crippen LogP contribution >= 0.6 is 0 Å². The van der Waals surface area contributed by atoms with Crippen LogP contribution in [0.1, 0.15) is 31.4 Å². The zero-order valence-electron chi connectivity index (χ0n) is 14.5. The molecule has 0 bridgehead atoms. The van der Waals surface area contributed by atoms with E-state index in [0.29, 0.717) is 24.2 Å². The van der Waals surface area contributed by atoms with Crippen LogP contribution in [0.15, 0.2) is 18.2 Å². The van der Waals surface area contributed by atoms with E-state index in [1.807, 2.05) is 4.90 Å². The minimum absolute atomic E-state index is 0.195. The van der Waals surface area contributed by atoms with Crippen molar-refractivity contribution < 1.29 is 18.0 Å². The molecule has 3 heterocycles. The first-order valence-corrected chi connectivity index (χ1v) is 9.19. The number of likely N-dealkylation sites (tertiary alicyclic amines) is 1. The van der Waals surface area contributed by atoms with Crippen LogP contribution in [0, 0.1) is 11.8 Å². The van der Waals surface area contributed by atoms with Crippen LogP contribution in [0.5, 0.6) is 0 Å². The first-order chi connectivity index (χ1) is 12.3. The van der Waals surface area contributed by atoms with Crippen LogP contribution in [0.3, 0.4) is 0 Å². The molecule has 142 valence electrons. The van der Waals surface area contributed by atoms with Crippen molar-refractivity contribution in [2.24, 2.45) is 17.6 Å². The van der Waals surface area contributed by atoms with Crippen molar-refractivity contribution in [3.8, 4) is 0 Å². The summed E-state index contributed by atoms with van der Waals surface area (Å²) in [6.45, 7) is 2.29. The Morgan fingerprint density at radius 3 is 2.73 bits per heavy atom. The molecule has 4 rings (SSSR count). The van der Waals surface area contributed by atoms with Crippen molar-refractivity contribution in [1.82, 2.24) is 9.88 Å². The summed E-state index contributed by atoms with van der Waals surface area (Å²) in [4.78, 5) is 19.8. The molecule has 0 aromatic carbocycles. The van der Waals surface area contributed by atoms with Gasteiger partial charge in [0.05, 0.1) is 6.04 Å². The summed E-state index contributed by atoms with van der Waals surface area (Å²) in [5.41, 5.74) is 4.71. The Bertz CT molecular complexity index is 695. The Balaban J connectivity index is 1.51. The van der Waals surface area contributed by atoms with E-state index < -0.39 is 11.9 Å². The van der Waals surface area contributed by atoms with E-state index in [-0.39, 0.29) is 18.0 Å². The molecule has 3 fully saturated rings. The molecule has 1 aromatic heterocycles. The number of nitrogens with zero attached hydrogens (tertiary/aromatic N) is 3. The van der Waals surface area contributed by atoms with Crippen molar-refractivity contribution in [2.75, 3.05) is 24.5 Å². The lowest BCUT2D eigenvalue weighted by molar-refractivity contribution is -0.141. The van der Waals surface area contributed by atoms with Crippen molar-refractivity contribution >= 4 is 11.7 Å². The Kier molecular flexibility index (Phi) is 4.33. The van der Waals surface area contributed by atoms with Gasteiger partial charge in [-0.2, -0.15) is 13.2 Å². The highest BCUT2D eigenvalue weighted by Crippen LogP contribution is 2.44. The SMILES string of the molecule is NC(=O)[C@@H]1CCCN1[C@H]1CC[C@@H]2CN(c3cccc(C(F)(F)F)n3)C[C@@H]21. The fourth-order valence-corrected chi connectivity index (χ4v) is 5.08. The summed E-state index contributed by atoms with van der Waals surface area (Å²) in [6, 6.07) is 4.16. The maximum absolute atomic E-state index is 12.9. The average Bonchev–Trinajstić information content (AvgIpc) is 3.28. The number of alkyl halides is 3. The lowest BCUT2D eigenvalue weighted by atomic mass is 9.96. The van der Waals surface area contributed by atoms with Crippen molar-refractivity contribution in [3.05, 3.63) is 23.9 Å². The number of primary amides is 1. The van der Waals surface area contributed by atoms with E-state index >= 15 is 0 Å². The first kappa shape index (κ1) is 17.6. The standard InChI is InChI=1S/C18H23F3N4O/c19-18(20,21)15-4-1-5-16(23-15)24-9-11-6-7-13(12(11)10-24)25-8-2-3-14(25)17(22)26/h1,4-5,11-14H,2-3,6-10H2,(H2,22,26)/t11-,12+,13+,14+/m1/s1. The number of carbonyl (C=O) groups excluding carboxylic acids is 1. The quantitative estimate of drug-likeness (QED) is 0.889. The van der Waals surface area contributed by atoms with Gasteiger partial charge in [-0.1, -0.05) is 6.07 Å². The summed E-state index contributed by atoms with van der Waals surface area (Å²) in [7, 11) is 0. The highest BCUT2D eigenvalue weighted by molar-refractivity contribution is 5.80. The van der Waals surface area contributed by atoms with Gasteiger partial charge in [0.15, 0.2) is 0 Å². The molecule has 5 nitrogen and oxygen atoms in total. The normalized spacial score (nSPS) is 32.2. The smallest absolute Gasteiger partial charge is 0.368 e. The highest BCUT2D eigenvalue weighted by atomic mass is 19.4. The third-order valence-corrected chi connectivity index (χ3v) is 6.22. The molecule has 3 aliphatic rings. The van der Waals surface area contributed by atoms with E-state index in [0.717, 1.165) is 44.8 Å². The number of anilines is 1. The van der Waals surface area contributed by atoms with E-state index in [4.69, 9.17) is 5.73 Å². The maximum atomic E-state index is 12.9. The summed E-state index contributed by atoms with van der Waals surface area (Å²) in [6.07, 6.45) is -0.587. The largest absolute Gasteiger partial charge is 0.433 e. The lowest BCUT2D eigenvalue weighted by Crippen LogP contribution is -2.48. The highest BCUT2D eigenvalue weighted by Gasteiger charge is 2.48. The Morgan fingerprint density at radius 1 is 1.19 bits per heavy atom. The topological polar surface area (TPSA) is 62.5 Å². The van der Waals surface area contributed by atoms with Crippen LogP contribution < -0.4 is 10.6 Å². The molecule has 26 heavy (non-hydrogen) atoms. The van der Waals surface area contributed by atoms with Gasteiger partial charge in [-0.3, -0.25) is 9.69 Å². The number of hydrogen-bond acceptors (Lipinski definition) is 4. The number of carbonyl (C=O) groups is 1. The van der Waals surface area contributed by atoms with Gasteiger partial charge in [0.1, 0.15) is 11.5 Å². The number of rotatable bonds is 3. The van der Waals surface area contributed by atoms with Gasteiger partial charge in [-0.25, -0.2) is 4.98 Å². The molecule has 8 heteroatoms. The fraction of sp³-hybridized carbons (Fsp3) is 0.667. The summed E-state index contributed by atoms with van der Waals surface area (Å²) < 4.78 is 38.8.